The maximum absolute atomic E-state index is 13.1. The summed E-state index contributed by atoms with van der Waals surface area (Å²) in [4.78, 5) is 14.9. The van der Waals surface area contributed by atoms with Crippen molar-refractivity contribution < 1.29 is 19.7 Å². The maximum atomic E-state index is 13.1. The highest BCUT2D eigenvalue weighted by atomic mass is 16.5. The van der Waals surface area contributed by atoms with Crippen molar-refractivity contribution in [3.63, 3.8) is 0 Å². The van der Waals surface area contributed by atoms with Crippen LogP contribution < -0.4 is 10.6 Å². The van der Waals surface area contributed by atoms with Gasteiger partial charge in [-0.15, -0.1) is 0 Å². The second-order valence-electron chi connectivity index (χ2n) is 6.97. The summed E-state index contributed by atoms with van der Waals surface area (Å²) in [6.45, 7) is 0.896. The molecule has 4 N–H and O–H groups in total. The normalized spacial score (nSPS) is 23.1. The fraction of sp³-hybridized carbons (Fsp3) is 0.350. The van der Waals surface area contributed by atoms with Gasteiger partial charge in [0.05, 0.1) is 23.5 Å². The van der Waals surface area contributed by atoms with E-state index in [1.165, 1.54) is 0 Å². The molecule has 0 radical (unpaired) electrons. The number of aliphatic hydroxyl groups is 1. The maximum Gasteiger partial charge on any atom is 0.264 e. The molecule has 1 amide bonds. The molecule has 0 saturated carbocycles. The molecule has 0 aliphatic carbocycles. The summed E-state index contributed by atoms with van der Waals surface area (Å²) in [6.07, 6.45) is 7.96. The lowest BCUT2D eigenvalue weighted by Gasteiger charge is -2.38. The fourth-order valence-electron chi connectivity index (χ4n) is 3.68. The fourth-order valence-corrected chi connectivity index (χ4v) is 3.68. The van der Waals surface area contributed by atoms with Crippen molar-refractivity contribution in [3.05, 3.63) is 60.0 Å². The van der Waals surface area contributed by atoms with E-state index in [0.717, 1.165) is 5.70 Å². The largest absolute Gasteiger partial charge is 0.507 e. The van der Waals surface area contributed by atoms with Gasteiger partial charge in [-0.1, -0.05) is 18.2 Å². The third kappa shape index (κ3) is 3.20. The number of phenolic OH excluding ortho intramolecular Hbond substituents is 1. The SMILES string of the molecule is O=C(NC1(CO)CCOCC1)C1NC(c2ccccc2O)=C2C=CC=CN21. The molecule has 27 heavy (non-hydrogen) atoms. The summed E-state index contributed by atoms with van der Waals surface area (Å²) < 4.78 is 5.36. The second-order valence-corrected chi connectivity index (χ2v) is 6.97. The molecule has 1 aromatic rings. The van der Waals surface area contributed by atoms with Crippen molar-refractivity contribution in [1.29, 1.82) is 0 Å². The summed E-state index contributed by atoms with van der Waals surface area (Å²) in [5, 5.41) is 26.4. The van der Waals surface area contributed by atoms with Crippen LogP contribution in [-0.4, -0.2) is 52.5 Å². The molecule has 3 heterocycles. The molecule has 7 nitrogen and oxygen atoms in total. The van der Waals surface area contributed by atoms with E-state index < -0.39 is 11.7 Å². The number of hydrogen-bond donors (Lipinski definition) is 4. The second kappa shape index (κ2) is 7.09. The third-order valence-corrected chi connectivity index (χ3v) is 5.27. The molecule has 4 rings (SSSR count). The number of phenols is 1. The minimum Gasteiger partial charge on any atom is -0.507 e. The first-order valence-corrected chi connectivity index (χ1v) is 9.07. The molecule has 3 aliphatic rings. The summed E-state index contributed by atoms with van der Waals surface area (Å²) in [5.74, 6) is -0.0819. The van der Waals surface area contributed by atoms with Crippen LogP contribution in [0.2, 0.25) is 0 Å². The van der Waals surface area contributed by atoms with E-state index in [-0.39, 0.29) is 18.3 Å². The predicted octanol–water partition coefficient (Wildman–Crippen LogP) is 1.03. The minimum atomic E-state index is -0.665. The molecule has 1 saturated heterocycles. The average Bonchev–Trinajstić information content (AvgIpc) is 3.09. The van der Waals surface area contributed by atoms with Crippen LogP contribution in [0.5, 0.6) is 5.75 Å². The monoisotopic (exact) mass is 369 g/mol. The molecule has 7 heteroatoms. The van der Waals surface area contributed by atoms with Gasteiger partial charge in [-0.25, -0.2) is 0 Å². The van der Waals surface area contributed by atoms with Crippen LogP contribution in [-0.2, 0) is 9.53 Å². The molecule has 1 atom stereocenters. The zero-order chi connectivity index (χ0) is 18.9. The summed E-state index contributed by atoms with van der Waals surface area (Å²) in [7, 11) is 0. The number of aliphatic hydroxyl groups excluding tert-OH is 1. The van der Waals surface area contributed by atoms with Gasteiger partial charge < -0.3 is 30.5 Å². The first-order chi connectivity index (χ1) is 13.1. The molecule has 1 unspecified atom stereocenters. The van der Waals surface area contributed by atoms with Crippen LogP contribution in [0.25, 0.3) is 5.70 Å². The highest BCUT2D eigenvalue weighted by Crippen LogP contribution is 2.34. The lowest BCUT2D eigenvalue weighted by molar-refractivity contribution is -0.129. The summed E-state index contributed by atoms with van der Waals surface area (Å²) in [5.41, 5.74) is 1.48. The smallest absolute Gasteiger partial charge is 0.264 e. The Morgan fingerprint density at radius 3 is 2.81 bits per heavy atom. The van der Waals surface area contributed by atoms with Gasteiger partial charge >= 0.3 is 0 Å². The summed E-state index contributed by atoms with van der Waals surface area (Å²) >= 11 is 0. The number of fused-ring (bicyclic) bond motifs is 1. The minimum absolute atomic E-state index is 0.128. The number of hydrogen-bond acceptors (Lipinski definition) is 6. The van der Waals surface area contributed by atoms with Gasteiger partial charge in [0.1, 0.15) is 5.75 Å². The zero-order valence-electron chi connectivity index (χ0n) is 14.9. The Kier molecular flexibility index (Phi) is 4.63. The Hall–Kier alpha value is -2.77. The Balaban J connectivity index is 1.60. The lowest BCUT2D eigenvalue weighted by atomic mass is 9.91. The van der Waals surface area contributed by atoms with Crippen LogP contribution >= 0.6 is 0 Å². The molecule has 3 aliphatic heterocycles. The van der Waals surface area contributed by atoms with E-state index in [9.17, 15) is 15.0 Å². The first-order valence-electron chi connectivity index (χ1n) is 9.07. The van der Waals surface area contributed by atoms with E-state index >= 15 is 0 Å². The third-order valence-electron chi connectivity index (χ3n) is 5.27. The van der Waals surface area contributed by atoms with Gasteiger partial charge in [0, 0.05) is 25.0 Å². The van der Waals surface area contributed by atoms with Crippen molar-refractivity contribution >= 4 is 11.6 Å². The predicted molar refractivity (Wildman–Crippen MR) is 100 cm³/mol. The number of benzene rings is 1. The Labute approximate surface area is 157 Å². The van der Waals surface area contributed by atoms with Crippen molar-refractivity contribution in [2.45, 2.75) is 24.5 Å². The number of carbonyl (C=O) groups excluding carboxylic acids is 1. The summed E-state index contributed by atoms with van der Waals surface area (Å²) in [6, 6.07) is 7.03. The van der Waals surface area contributed by atoms with Gasteiger partial charge in [-0.2, -0.15) is 0 Å². The van der Waals surface area contributed by atoms with E-state index in [0.29, 0.717) is 37.3 Å². The van der Waals surface area contributed by atoms with Crippen LogP contribution in [0.4, 0.5) is 0 Å². The number of rotatable bonds is 4. The number of aromatic hydroxyl groups is 1. The number of carbonyl (C=O) groups is 1. The quantitative estimate of drug-likeness (QED) is 0.634. The van der Waals surface area contributed by atoms with Gasteiger partial charge in [0.2, 0.25) is 0 Å². The van der Waals surface area contributed by atoms with Crippen LogP contribution in [0, 0.1) is 0 Å². The Morgan fingerprint density at radius 2 is 2.07 bits per heavy atom. The van der Waals surface area contributed by atoms with Gasteiger partial charge in [0.15, 0.2) is 6.17 Å². The van der Waals surface area contributed by atoms with E-state index in [1.54, 1.807) is 12.1 Å². The molecular weight excluding hydrogens is 346 g/mol. The number of ether oxygens (including phenoxy) is 1. The van der Waals surface area contributed by atoms with Crippen molar-refractivity contribution in [3.8, 4) is 5.75 Å². The number of allylic oxidation sites excluding steroid dienone is 3. The molecule has 142 valence electrons. The number of nitrogens with zero attached hydrogens (tertiary/aromatic N) is 1. The van der Waals surface area contributed by atoms with Crippen molar-refractivity contribution in [2.24, 2.45) is 0 Å². The van der Waals surface area contributed by atoms with Crippen LogP contribution in [0.3, 0.4) is 0 Å². The topological polar surface area (TPSA) is 94.1 Å². The van der Waals surface area contributed by atoms with Crippen LogP contribution in [0.15, 0.2) is 54.4 Å². The lowest BCUT2D eigenvalue weighted by Crippen LogP contribution is -2.60. The molecule has 1 aromatic carbocycles. The molecule has 0 aromatic heterocycles. The number of nitrogens with one attached hydrogen (secondary N) is 2. The highest BCUT2D eigenvalue weighted by molar-refractivity contribution is 5.88. The number of para-hydroxylation sites is 1. The van der Waals surface area contributed by atoms with Crippen molar-refractivity contribution in [1.82, 2.24) is 15.5 Å². The van der Waals surface area contributed by atoms with Gasteiger partial charge in [-0.05, 0) is 37.1 Å². The van der Waals surface area contributed by atoms with E-state index in [2.05, 4.69) is 10.6 Å². The van der Waals surface area contributed by atoms with Gasteiger partial charge in [0.25, 0.3) is 5.91 Å². The number of amides is 1. The molecule has 1 fully saturated rings. The average molecular weight is 369 g/mol. The molecule has 0 bridgehead atoms. The molecule has 0 spiro atoms. The Bertz CT molecular complexity index is 824. The van der Waals surface area contributed by atoms with Gasteiger partial charge in [-0.3, -0.25) is 4.79 Å². The van der Waals surface area contributed by atoms with Crippen molar-refractivity contribution in [2.75, 3.05) is 19.8 Å². The zero-order valence-corrected chi connectivity index (χ0v) is 14.9. The van der Waals surface area contributed by atoms with E-state index in [4.69, 9.17) is 4.74 Å². The first kappa shape index (κ1) is 17.6. The highest BCUT2D eigenvalue weighted by Gasteiger charge is 2.40. The standard InChI is InChI=1S/C20H23N3O4/c24-13-20(8-11-27-12-9-20)22-19(26)18-21-17(14-5-1-2-7-16(14)25)15-6-3-4-10-23(15)18/h1-7,10,18,21,24-25H,8-9,11-13H2,(H,22,26). The molecular formula is C20H23N3O4. The van der Waals surface area contributed by atoms with E-state index in [1.807, 2.05) is 41.5 Å². The Morgan fingerprint density at radius 1 is 1.30 bits per heavy atom. The van der Waals surface area contributed by atoms with Crippen LogP contribution in [0.1, 0.15) is 18.4 Å².